The Hall–Kier alpha value is -2.03. The standard InChI is InChI=1S/C25H35N3O4S/c1-4-32-25(30)22-9-8-21(28(22)16-31-11-5-6-12-33-3)24(29)20-7-10-23(26-17(20)2)27-14-18-13-19(18)15-27/h7-10,18-19,24,29H,4-6,11-16H2,1-3H3. The van der Waals surface area contributed by atoms with Crippen LogP contribution in [0.15, 0.2) is 24.3 Å². The summed E-state index contributed by atoms with van der Waals surface area (Å²) in [6.07, 6.45) is 4.57. The number of carbonyl (C=O) groups excluding carboxylic acids is 1. The molecule has 3 unspecified atom stereocenters. The van der Waals surface area contributed by atoms with Crippen LogP contribution in [0.5, 0.6) is 0 Å². The van der Waals surface area contributed by atoms with E-state index in [0.29, 0.717) is 24.6 Å². The Morgan fingerprint density at radius 1 is 1.24 bits per heavy atom. The van der Waals surface area contributed by atoms with E-state index in [2.05, 4.69) is 11.2 Å². The van der Waals surface area contributed by atoms with E-state index in [1.807, 2.05) is 30.8 Å². The molecule has 0 aromatic carbocycles. The van der Waals surface area contributed by atoms with Crippen molar-refractivity contribution in [2.75, 3.05) is 43.2 Å². The molecule has 8 heteroatoms. The lowest BCUT2D eigenvalue weighted by molar-refractivity contribution is 0.0443. The molecular formula is C25H35N3O4S. The Labute approximate surface area is 200 Å². The molecule has 0 radical (unpaired) electrons. The normalized spacial score (nSPS) is 20.1. The van der Waals surface area contributed by atoms with E-state index >= 15 is 0 Å². The number of hydrogen-bond donors (Lipinski definition) is 1. The first-order valence-electron chi connectivity index (χ1n) is 11.9. The monoisotopic (exact) mass is 473 g/mol. The van der Waals surface area contributed by atoms with E-state index in [1.165, 1.54) is 6.42 Å². The number of rotatable bonds is 12. The molecule has 4 rings (SSSR count). The molecule has 2 aliphatic rings. The molecule has 1 saturated carbocycles. The van der Waals surface area contributed by atoms with Crippen LogP contribution in [0.25, 0.3) is 0 Å². The van der Waals surface area contributed by atoms with Crippen LogP contribution in [0, 0.1) is 18.8 Å². The number of nitrogens with zero attached hydrogens (tertiary/aromatic N) is 3. The lowest BCUT2D eigenvalue weighted by Gasteiger charge is -2.22. The average Bonchev–Trinajstić information content (AvgIpc) is 3.20. The van der Waals surface area contributed by atoms with Crippen molar-refractivity contribution in [2.24, 2.45) is 11.8 Å². The van der Waals surface area contributed by atoms with Crippen LogP contribution in [0.4, 0.5) is 5.82 Å². The third-order valence-electron chi connectivity index (χ3n) is 6.60. The number of ether oxygens (including phenoxy) is 2. The second kappa shape index (κ2) is 10.9. The van der Waals surface area contributed by atoms with E-state index in [0.717, 1.165) is 60.6 Å². The zero-order valence-electron chi connectivity index (χ0n) is 19.8. The Morgan fingerprint density at radius 3 is 2.73 bits per heavy atom. The highest BCUT2D eigenvalue weighted by Crippen LogP contribution is 2.46. The third-order valence-corrected chi connectivity index (χ3v) is 7.29. The van der Waals surface area contributed by atoms with Gasteiger partial charge in [-0.3, -0.25) is 0 Å². The molecule has 7 nitrogen and oxygen atoms in total. The number of aromatic nitrogens is 2. The van der Waals surface area contributed by atoms with Crippen molar-refractivity contribution in [2.45, 2.75) is 45.9 Å². The van der Waals surface area contributed by atoms with Crippen LogP contribution >= 0.6 is 11.8 Å². The number of aliphatic hydroxyl groups excluding tert-OH is 1. The minimum absolute atomic E-state index is 0.188. The molecular weight excluding hydrogens is 438 g/mol. The van der Waals surface area contributed by atoms with Crippen LogP contribution in [0.2, 0.25) is 0 Å². The van der Waals surface area contributed by atoms with Crippen molar-refractivity contribution in [1.29, 1.82) is 0 Å². The summed E-state index contributed by atoms with van der Waals surface area (Å²) in [5.74, 6) is 3.34. The van der Waals surface area contributed by atoms with Crippen molar-refractivity contribution < 1.29 is 19.4 Å². The Kier molecular flexibility index (Phi) is 7.98. The molecule has 1 aliphatic carbocycles. The van der Waals surface area contributed by atoms with Gasteiger partial charge in [-0.05, 0) is 75.2 Å². The van der Waals surface area contributed by atoms with Gasteiger partial charge in [-0.15, -0.1) is 0 Å². The maximum absolute atomic E-state index is 12.5. The number of carbonyl (C=O) groups is 1. The first-order valence-corrected chi connectivity index (χ1v) is 13.3. The summed E-state index contributed by atoms with van der Waals surface area (Å²) >= 11 is 1.82. The van der Waals surface area contributed by atoms with Gasteiger partial charge >= 0.3 is 5.97 Å². The minimum Gasteiger partial charge on any atom is -0.461 e. The summed E-state index contributed by atoms with van der Waals surface area (Å²) in [5, 5.41) is 11.3. The topological polar surface area (TPSA) is 76.8 Å². The highest BCUT2D eigenvalue weighted by atomic mass is 32.2. The summed E-state index contributed by atoms with van der Waals surface area (Å²) < 4.78 is 12.8. The van der Waals surface area contributed by atoms with E-state index in [4.69, 9.17) is 14.5 Å². The van der Waals surface area contributed by atoms with Crippen LogP contribution in [0.1, 0.15) is 59.7 Å². The fourth-order valence-electron chi connectivity index (χ4n) is 4.62. The van der Waals surface area contributed by atoms with Gasteiger partial charge in [0.2, 0.25) is 0 Å². The summed E-state index contributed by atoms with van der Waals surface area (Å²) in [6, 6.07) is 7.42. The number of fused-ring (bicyclic) bond motifs is 1. The molecule has 1 saturated heterocycles. The molecule has 2 aromatic rings. The smallest absolute Gasteiger partial charge is 0.355 e. The predicted molar refractivity (Wildman–Crippen MR) is 131 cm³/mol. The fourth-order valence-corrected chi connectivity index (χ4v) is 5.12. The summed E-state index contributed by atoms with van der Waals surface area (Å²) in [6.45, 7) is 6.96. The Bertz CT molecular complexity index is 953. The summed E-state index contributed by atoms with van der Waals surface area (Å²) in [7, 11) is 0. The molecule has 1 aliphatic heterocycles. The highest BCUT2D eigenvalue weighted by Gasteiger charge is 2.45. The number of anilines is 1. The lowest BCUT2D eigenvalue weighted by Crippen LogP contribution is -2.23. The van der Waals surface area contributed by atoms with Crippen molar-refractivity contribution in [1.82, 2.24) is 9.55 Å². The second-order valence-electron chi connectivity index (χ2n) is 8.94. The molecule has 3 heterocycles. The number of aryl methyl sites for hydroxylation is 1. The molecule has 3 atom stereocenters. The fraction of sp³-hybridized carbons (Fsp3) is 0.600. The van der Waals surface area contributed by atoms with Gasteiger partial charge in [-0.2, -0.15) is 11.8 Å². The largest absolute Gasteiger partial charge is 0.461 e. The molecule has 180 valence electrons. The molecule has 0 spiro atoms. The SMILES string of the molecule is CCOC(=O)c1ccc(C(O)c2ccc(N3CC4CC4C3)nc2C)n1COCCCCSC. The van der Waals surface area contributed by atoms with E-state index in [9.17, 15) is 9.90 Å². The molecule has 1 N–H and O–H groups in total. The van der Waals surface area contributed by atoms with E-state index in [1.54, 1.807) is 23.6 Å². The van der Waals surface area contributed by atoms with E-state index < -0.39 is 12.1 Å². The molecule has 2 fully saturated rings. The number of hydrogen-bond acceptors (Lipinski definition) is 7. The third kappa shape index (κ3) is 5.55. The van der Waals surface area contributed by atoms with Gasteiger partial charge < -0.3 is 24.0 Å². The van der Waals surface area contributed by atoms with Gasteiger partial charge in [-0.1, -0.05) is 6.07 Å². The minimum atomic E-state index is -0.915. The summed E-state index contributed by atoms with van der Waals surface area (Å²) in [5.41, 5.74) is 2.51. The average molecular weight is 474 g/mol. The number of thioether (sulfide) groups is 1. The van der Waals surface area contributed by atoms with Crippen LogP contribution in [-0.2, 0) is 16.2 Å². The van der Waals surface area contributed by atoms with Gasteiger partial charge in [0.15, 0.2) is 0 Å². The first kappa shape index (κ1) is 24.1. The number of pyridine rings is 1. The van der Waals surface area contributed by atoms with Crippen LogP contribution in [0.3, 0.4) is 0 Å². The molecule has 33 heavy (non-hydrogen) atoms. The number of piperidine rings is 1. The molecule has 2 aromatic heterocycles. The zero-order chi connectivity index (χ0) is 23.4. The van der Waals surface area contributed by atoms with Crippen molar-refractivity contribution in [3.8, 4) is 0 Å². The quantitative estimate of drug-likeness (QED) is 0.368. The van der Waals surface area contributed by atoms with Gasteiger partial charge in [0, 0.05) is 31.0 Å². The predicted octanol–water partition coefficient (Wildman–Crippen LogP) is 4.02. The number of aliphatic hydroxyl groups is 1. The van der Waals surface area contributed by atoms with Crippen molar-refractivity contribution >= 4 is 23.5 Å². The van der Waals surface area contributed by atoms with Gasteiger partial charge in [-0.25, -0.2) is 9.78 Å². The molecule has 0 amide bonds. The van der Waals surface area contributed by atoms with Crippen LogP contribution < -0.4 is 4.90 Å². The molecule has 0 bridgehead atoms. The zero-order valence-corrected chi connectivity index (χ0v) is 20.6. The summed E-state index contributed by atoms with van der Waals surface area (Å²) in [4.78, 5) is 19.6. The van der Waals surface area contributed by atoms with Crippen molar-refractivity contribution in [3.05, 3.63) is 46.9 Å². The van der Waals surface area contributed by atoms with Gasteiger partial charge in [0.1, 0.15) is 24.3 Å². The number of unbranched alkanes of at least 4 members (excludes halogenated alkanes) is 1. The second-order valence-corrected chi connectivity index (χ2v) is 9.92. The maximum Gasteiger partial charge on any atom is 0.355 e. The van der Waals surface area contributed by atoms with Gasteiger partial charge in [0.25, 0.3) is 0 Å². The Morgan fingerprint density at radius 2 is 2.03 bits per heavy atom. The Balaban J connectivity index is 1.50. The maximum atomic E-state index is 12.5. The van der Waals surface area contributed by atoms with E-state index in [-0.39, 0.29) is 6.73 Å². The van der Waals surface area contributed by atoms with Crippen LogP contribution in [-0.4, -0.2) is 58.9 Å². The highest BCUT2D eigenvalue weighted by molar-refractivity contribution is 7.98. The lowest BCUT2D eigenvalue weighted by atomic mass is 10.1. The first-order chi connectivity index (χ1) is 16.0. The van der Waals surface area contributed by atoms with Crippen molar-refractivity contribution in [3.63, 3.8) is 0 Å². The number of esters is 1. The van der Waals surface area contributed by atoms with Gasteiger partial charge in [0.05, 0.1) is 12.3 Å².